The van der Waals surface area contributed by atoms with Crippen molar-refractivity contribution in [3.05, 3.63) is 95.8 Å². The molecule has 3 aromatic carbocycles. The number of fused-ring (bicyclic) bond motifs is 1. The lowest BCUT2D eigenvalue weighted by atomic mass is 10.2. The summed E-state index contributed by atoms with van der Waals surface area (Å²) in [6.07, 6.45) is 0. The summed E-state index contributed by atoms with van der Waals surface area (Å²) in [4.78, 5) is 22.0. The highest BCUT2D eigenvalue weighted by molar-refractivity contribution is 6.07. The number of nitrogens with one attached hydrogen (secondary N) is 1. The largest absolute Gasteiger partial charge is 0.399 e. The third kappa shape index (κ3) is 4.11. The van der Waals surface area contributed by atoms with Crippen LogP contribution in [0.3, 0.4) is 0 Å². The standard InChI is InChI=1S/C24H18FN7O/c25-19-9-5-4-8-17(19)14-32-23-20(30-31-32)22(27-21(28-23)15-6-2-1-3-7-15)29-24(33)16-10-12-18(26)13-11-16/h1-13H,14,26H2,(H,27,28,29,33). The van der Waals surface area contributed by atoms with E-state index in [4.69, 9.17) is 5.73 Å². The Kier molecular flexibility index (Phi) is 5.19. The van der Waals surface area contributed by atoms with Gasteiger partial charge in [-0.2, -0.15) is 0 Å². The lowest BCUT2D eigenvalue weighted by Gasteiger charge is -2.09. The van der Waals surface area contributed by atoms with Crippen LogP contribution in [0.4, 0.5) is 15.9 Å². The number of amides is 1. The maximum Gasteiger partial charge on any atom is 0.256 e. The highest BCUT2D eigenvalue weighted by atomic mass is 19.1. The minimum atomic E-state index is -0.377. The molecule has 0 fully saturated rings. The number of rotatable bonds is 5. The van der Waals surface area contributed by atoms with Gasteiger partial charge in [-0.15, -0.1) is 5.10 Å². The fourth-order valence-electron chi connectivity index (χ4n) is 3.37. The Morgan fingerprint density at radius 3 is 2.42 bits per heavy atom. The third-order valence-electron chi connectivity index (χ3n) is 5.08. The zero-order valence-corrected chi connectivity index (χ0v) is 17.3. The van der Waals surface area contributed by atoms with Crippen molar-refractivity contribution in [1.29, 1.82) is 0 Å². The van der Waals surface area contributed by atoms with Gasteiger partial charge >= 0.3 is 0 Å². The molecule has 162 valence electrons. The first-order valence-corrected chi connectivity index (χ1v) is 10.2. The number of halogens is 1. The van der Waals surface area contributed by atoms with Crippen molar-refractivity contribution < 1.29 is 9.18 Å². The molecule has 0 unspecified atom stereocenters. The van der Waals surface area contributed by atoms with Gasteiger partial charge in [0.15, 0.2) is 22.8 Å². The SMILES string of the molecule is Nc1ccc(C(=O)Nc2nc(-c3ccccc3)nc3c2nnn3Cc2ccccc2F)cc1. The van der Waals surface area contributed by atoms with E-state index in [1.165, 1.54) is 10.7 Å². The normalized spacial score (nSPS) is 10.9. The van der Waals surface area contributed by atoms with Crippen LogP contribution in [0.2, 0.25) is 0 Å². The topological polar surface area (TPSA) is 112 Å². The lowest BCUT2D eigenvalue weighted by molar-refractivity contribution is 0.102. The van der Waals surface area contributed by atoms with Gasteiger partial charge in [-0.3, -0.25) is 4.79 Å². The average Bonchev–Trinajstić information content (AvgIpc) is 3.24. The number of benzene rings is 3. The first-order chi connectivity index (χ1) is 16.1. The highest BCUT2D eigenvalue weighted by Crippen LogP contribution is 2.24. The van der Waals surface area contributed by atoms with E-state index in [2.05, 4.69) is 25.6 Å². The van der Waals surface area contributed by atoms with Crippen molar-refractivity contribution >= 4 is 28.6 Å². The third-order valence-corrected chi connectivity index (χ3v) is 5.08. The summed E-state index contributed by atoms with van der Waals surface area (Å²) in [6, 6.07) is 22.3. The van der Waals surface area contributed by atoms with Crippen LogP contribution in [-0.2, 0) is 6.54 Å². The molecule has 5 aromatic rings. The molecule has 2 aromatic heterocycles. The molecule has 0 saturated carbocycles. The highest BCUT2D eigenvalue weighted by Gasteiger charge is 2.19. The van der Waals surface area contributed by atoms with Gasteiger partial charge in [0.1, 0.15) is 5.82 Å². The van der Waals surface area contributed by atoms with Gasteiger partial charge in [0.25, 0.3) is 5.91 Å². The first-order valence-electron chi connectivity index (χ1n) is 10.2. The molecule has 1 amide bonds. The van der Waals surface area contributed by atoms with Gasteiger partial charge < -0.3 is 11.1 Å². The number of nitrogen functional groups attached to an aromatic ring is 1. The summed E-state index contributed by atoms with van der Waals surface area (Å²) < 4.78 is 15.7. The van der Waals surface area contributed by atoms with E-state index in [-0.39, 0.29) is 24.1 Å². The van der Waals surface area contributed by atoms with Gasteiger partial charge in [-0.1, -0.05) is 53.7 Å². The maximum absolute atomic E-state index is 14.2. The van der Waals surface area contributed by atoms with Gasteiger partial charge in [0.2, 0.25) is 0 Å². The van der Waals surface area contributed by atoms with Crippen molar-refractivity contribution in [3.8, 4) is 11.4 Å². The minimum Gasteiger partial charge on any atom is -0.399 e. The predicted molar refractivity (Wildman–Crippen MR) is 123 cm³/mol. The van der Waals surface area contributed by atoms with Crippen LogP contribution in [0.15, 0.2) is 78.9 Å². The predicted octanol–water partition coefficient (Wildman–Crippen LogP) is 3.91. The van der Waals surface area contributed by atoms with Crippen molar-refractivity contribution in [1.82, 2.24) is 25.0 Å². The number of carbonyl (C=O) groups excluding carboxylic acids is 1. The van der Waals surface area contributed by atoms with Crippen molar-refractivity contribution in [3.63, 3.8) is 0 Å². The molecule has 8 nitrogen and oxygen atoms in total. The molecule has 0 atom stereocenters. The molecular weight excluding hydrogens is 421 g/mol. The van der Waals surface area contributed by atoms with Crippen molar-refractivity contribution in [2.24, 2.45) is 0 Å². The van der Waals surface area contributed by atoms with Crippen LogP contribution in [0.5, 0.6) is 0 Å². The van der Waals surface area contributed by atoms with E-state index in [0.717, 1.165) is 5.56 Å². The Morgan fingerprint density at radius 1 is 0.939 bits per heavy atom. The Hall–Kier alpha value is -4.66. The monoisotopic (exact) mass is 439 g/mol. The van der Waals surface area contributed by atoms with Gasteiger partial charge in [-0.25, -0.2) is 19.0 Å². The maximum atomic E-state index is 14.2. The Balaban J connectivity index is 1.60. The molecule has 0 spiro atoms. The van der Waals surface area contributed by atoms with E-state index in [9.17, 15) is 9.18 Å². The fourth-order valence-corrected chi connectivity index (χ4v) is 3.37. The summed E-state index contributed by atoms with van der Waals surface area (Å²) in [6.45, 7) is 0.125. The van der Waals surface area contributed by atoms with E-state index in [1.807, 2.05) is 30.3 Å². The van der Waals surface area contributed by atoms with E-state index in [1.54, 1.807) is 42.5 Å². The molecule has 5 rings (SSSR count). The zero-order valence-electron chi connectivity index (χ0n) is 17.3. The van der Waals surface area contributed by atoms with Gasteiger partial charge in [0.05, 0.1) is 6.54 Å². The molecule has 3 N–H and O–H groups in total. The number of anilines is 2. The van der Waals surface area contributed by atoms with Crippen LogP contribution in [0, 0.1) is 5.82 Å². The van der Waals surface area contributed by atoms with Gasteiger partial charge in [0, 0.05) is 22.4 Å². The van der Waals surface area contributed by atoms with E-state index < -0.39 is 0 Å². The van der Waals surface area contributed by atoms with Crippen molar-refractivity contribution in [2.45, 2.75) is 6.54 Å². The van der Waals surface area contributed by atoms with Crippen LogP contribution in [0.1, 0.15) is 15.9 Å². The van der Waals surface area contributed by atoms with Gasteiger partial charge in [-0.05, 0) is 30.3 Å². The van der Waals surface area contributed by atoms with Crippen LogP contribution < -0.4 is 11.1 Å². The van der Waals surface area contributed by atoms with Crippen molar-refractivity contribution in [2.75, 3.05) is 11.1 Å². The Labute approximate surface area is 187 Å². The number of hydrogen-bond donors (Lipinski definition) is 2. The average molecular weight is 439 g/mol. The summed E-state index contributed by atoms with van der Waals surface area (Å²) in [5, 5.41) is 11.1. The van der Waals surface area contributed by atoms with Crippen LogP contribution in [0.25, 0.3) is 22.6 Å². The number of nitrogens with zero attached hydrogens (tertiary/aromatic N) is 5. The number of hydrogen-bond acceptors (Lipinski definition) is 6. The molecule has 0 saturated heterocycles. The fraction of sp³-hybridized carbons (Fsp3) is 0.0417. The summed E-state index contributed by atoms with van der Waals surface area (Å²) in [5.74, 6) is -0.138. The smallest absolute Gasteiger partial charge is 0.256 e. The Morgan fingerprint density at radius 2 is 1.67 bits per heavy atom. The van der Waals surface area contributed by atoms with Crippen LogP contribution >= 0.6 is 0 Å². The second-order valence-corrected chi connectivity index (χ2v) is 7.35. The molecule has 0 aliphatic carbocycles. The second kappa shape index (κ2) is 8.46. The summed E-state index contributed by atoms with van der Waals surface area (Å²) >= 11 is 0. The molecule has 0 aliphatic rings. The Bertz CT molecular complexity index is 1450. The zero-order chi connectivity index (χ0) is 22.8. The molecule has 0 radical (unpaired) electrons. The molecule has 0 bridgehead atoms. The molecule has 33 heavy (non-hydrogen) atoms. The number of carbonyl (C=O) groups is 1. The summed E-state index contributed by atoms with van der Waals surface area (Å²) in [5.41, 5.74) is 8.55. The molecule has 0 aliphatic heterocycles. The quantitative estimate of drug-likeness (QED) is 0.402. The van der Waals surface area contributed by atoms with Crippen LogP contribution in [-0.4, -0.2) is 30.9 Å². The minimum absolute atomic E-state index is 0.125. The molecule has 2 heterocycles. The molecular formula is C24H18FN7O. The van der Waals surface area contributed by atoms with E-state index in [0.29, 0.717) is 33.8 Å². The lowest BCUT2D eigenvalue weighted by Crippen LogP contribution is -2.14. The number of aromatic nitrogens is 5. The number of nitrogens with two attached hydrogens (primary N) is 1. The first kappa shape index (κ1) is 20.3. The van der Waals surface area contributed by atoms with E-state index >= 15 is 0 Å². The second-order valence-electron chi connectivity index (χ2n) is 7.35. The summed E-state index contributed by atoms with van der Waals surface area (Å²) in [7, 11) is 0. The molecule has 9 heteroatoms.